The first-order valence-electron chi connectivity index (χ1n) is 10.5. The molecule has 0 saturated heterocycles. The number of rotatable bonds is 9. The Morgan fingerprint density at radius 1 is 0.943 bits per heavy atom. The molecule has 1 unspecified atom stereocenters. The average molecular weight is 491 g/mol. The summed E-state index contributed by atoms with van der Waals surface area (Å²) in [7, 11) is -4.17. The fourth-order valence-electron chi connectivity index (χ4n) is 3.55. The van der Waals surface area contributed by atoms with Crippen molar-refractivity contribution in [3.05, 3.63) is 96.7 Å². The highest BCUT2D eigenvalue weighted by molar-refractivity contribution is 7.92. The third kappa shape index (κ3) is 5.15. The fourth-order valence-corrected chi connectivity index (χ4v) is 5.18. The molecule has 4 aromatic rings. The number of pyridine rings is 2. The molecule has 0 spiro atoms. The highest BCUT2D eigenvalue weighted by Gasteiger charge is 2.44. The van der Waals surface area contributed by atoms with Gasteiger partial charge in [0.05, 0.1) is 23.0 Å². The van der Waals surface area contributed by atoms with Crippen LogP contribution in [0.1, 0.15) is 11.3 Å². The molecule has 4 rings (SSSR count). The van der Waals surface area contributed by atoms with E-state index in [1.807, 2.05) is 18.2 Å². The number of hydrogen-bond donors (Lipinski definition) is 3. The molecule has 0 aliphatic heterocycles. The van der Waals surface area contributed by atoms with Gasteiger partial charge in [-0.3, -0.25) is 9.78 Å². The lowest BCUT2D eigenvalue weighted by Gasteiger charge is -2.29. The van der Waals surface area contributed by atoms with Gasteiger partial charge in [0.15, 0.2) is 4.87 Å². The van der Waals surface area contributed by atoms with Crippen molar-refractivity contribution in [2.75, 3.05) is 11.9 Å². The van der Waals surface area contributed by atoms with E-state index >= 15 is 0 Å². The van der Waals surface area contributed by atoms with Crippen molar-refractivity contribution in [3.63, 3.8) is 0 Å². The van der Waals surface area contributed by atoms with Gasteiger partial charge in [0, 0.05) is 24.4 Å². The summed E-state index contributed by atoms with van der Waals surface area (Å²) in [6.07, 6.45) is 5.84. The van der Waals surface area contributed by atoms with E-state index in [0.29, 0.717) is 5.56 Å². The Bertz CT molecular complexity index is 1420. The van der Waals surface area contributed by atoms with Crippen molar-refractivity contribution in [1.29, 1.82) is 0 Å². The van der Waals surface area contributed by atoms with E-state index < -0.39 is 20.7 Å². The minimum absolute atomic E-state index is 0.0484. The Labute approximate surface area is 201 Å². The predicted molar refractivity (Wildman–Crippen MR) is 129 cm³/mol. The summed E-state index contributed by atoms with van der Waals surface area (Å²) in [5.41, 5.74) is 9.18. The summed E-state index contributed by atoms with van der Waals surface area (Å²) < 4.78 is 27.6. The molecule has 0 aliphatic rings. The van der Waals surface area contributed by atoms with Gasteiger partial charge in [-0.2, -0.15) is 10.2 Å². The molecule has 0 radical (unpaired) electrons. The first-order valence-corrected chi connectivity index (χ1v) is 12.0. The number of hydrogen-bond acceptors (Lipinski definition) is 9. The van der Waals surface area contributed by atoms with E-state index in [2.05, 4.69) is 25.5 Å². The summed E-state index contributed by atoms with van der Waals surface area (Å²) in [6.45, 7) is -0.380. The van der Waals surface area contributed by atoms with Crippen LogP contribution in [0.5, 0.6) is 0 Å². The van der Waals surface area contributed by atoms with Gasteiger partial charge in [0.25, 0.3) is 0 Å². The number of aliphatic carboxylic acids is 1. The van der Waals surface area contributed by atoms with E-state index in [-0.39, 0.29) is 29.4 Å². The molecule has 1 aromatic carbocycles. The van der Waals surface area contributed by atoms with Gasteiger partial charge in [-0.05, 0) is 41.5 Å². The Kier molecular flexibility index (Phi) is 6.80. The second-order valence-corrected chi connectivity index (χ2v) is 9.95. The van der Waals surface area contributed by atoms with Crippen LogP contribution in [-0.4, -0.2) is 46.2 Å². The van der Waals surface area contributed by atoms with Crippen LogP contribution in [-0.2, 0) is 25.9 Å². The molecular weight excluding hydrogens is 468 g/mol. The molecule has 11 heteroatoms. The van der Waals surface area contributed by atoms with Crippen molar-refractivity contribution in [1.82, 2.24) is 20.2 Å². The third-order valence-electron chi connectivity index (χ3n) is 5.37. The zero-order valence-electron chi connectivity index (χ0n) is 18.4. The first kappa shape index (κ1) is 23.9. The second kappa shape index (κ2) is 9.95. The van der Waals surface area contributed by atoms with Gasteiger partial charge >= 0.3 is 5.97 Å². The van der Waals surface area contributed by atoms with Crippen LogP contribution in [0.2, 0.25) is 0 Å². The number of sulfone groups is 1. The first-order chi connectivity index (χ1) is 16.8. The van der Waals surface area contributed by atoms with Crippen LogP contribution in [0.3, 0.4) is 0 Å². The van der Waals surface area contributed by atoms with Gasteiger partial charge in [-0.15, -0.1) is 0 Å². The van der Waals surface area contributed by atoms with E-state index in [0.717, 1.165) is 11.1 Å². The van der Waals surface area contributed by atoms with Crippen molar-refractivity contribution in [2.24, 2.45) is 5.73 Å². The van der Waals surface area contributed by atoms with Gasteiger partial charge in [-0.1, -0.05) is 30.3 Å². The Morgan fingerprint density at radius 3 is 2.40 bits per heavy atom. The van der Waals surface area contributed by atoms with Crippen LogP contribution in [0.15, 0.2) is 90.3 Å². The fraction of sp³-hybridized carbons (Fsp3) is 0.125. The molecule has 0 amide bonds. The van der Waals surface area contributed by atoms with Gasteiger partial charge in [0.2, 0.25) is 9.84 Å². The molecule has 1 atom stereocenters. The largest absolute Gasteiger partial charge is 0.480 e. The maximum Gasteiger partial charge on any atom is 0.322 e. The van der Waals surface area contributed by atoms with Gasteiger partial charge in [0.1, 0.15) is 12.4 Å². The third-order valence-corrected chi connectivity index (χ3v) is 7.54. The van der Waals surface area contributed by atoms with Gasteiger partial charge < -0.3 is 16.2 Å². The molecule has 0 bridgehead atoms. The summed E-state index contributed by atoms with van der Waals surface area (Å²) in [5.74, 6) is -0.884. The van der Waals surface area contributed by atoms with Crippen molar-refractivity contribution in [2.45, 2.75) is 16.2 Å². The molecule has 0 fully saturated rings. The predicted octanol–water partition coefficient (Wildman–Crippen LogP) is 2.26. The zero-order valence-corrected chi connectivity index (χ0v) is 19.3. The zero-order chi connectivity index (χ0) is 24.9. The number of nitrogens with one attached hydrogen (secondary N) is 1. The quantitative estimate of drug-likeness (QED) is 0.317. The van der Waals surface area contributed by atoms with Crippen LogP contribution >= 0.6 is 0 Å². The summed E-state index contributed by atoms with van der Waals surface area (Å²) in [6, 6.07) is 16.7. The van der Waals surface area contributed by atoms with Gasteiger partial charge in [-0.25, -0.2) is 13.4 Å². The van der Waals surface area contributed by atoms with E-state index in [1.54, 1.807) is 36.7 Å². The number of benzene rings is 1. The van der Waals surface area contributed by atoms with E-state index in [4.69, 9.17) is 10.8 Å². The SMILES string of the molecule is NC(Cc1ccc(-c2ccnnc2)cc1)(c1cccc(NCC(=O)O)n1)S(=O)(=O)c1cccnc1. The van der Waals surface area contributed by atoms with Crippen LogP contribution < -0.4 is 11.1 Å². The maximum absolute atomic E-state index is 13.8. The normalized spacial score (nSPS) is 13.1. The monoisotopic (exact) mass is 490 g/mol. The molecule has 35 heavy (non-hydrogen) atoms. The molecule has 3 aromatic heterocycles. The van der Waals surface area contributed by atoms with Crippen molar-refractivity contribution < 1.29 is 18.3 Å². The smallest absolute Gasteiger partial charge is 0.322 e. The Hall–Kier alpha value is -4.22. The molecule has 3 heterocycles. The number of carbonyl (C=O) groups is 1. The number of carboxylic acid groups (broad SMARTS) is 1. The van der Waals surface area contributed by atoms with E-state index in [1.165, 1.54) is 30.6 Å². The highest BCUT2D eigenvalue weighted by Crippen LogP contribution is 2.34. The molecular formula is C24H22N6O4S. The highest BCUT2D eigenvalue weighted by atomic mass is 32.2. The standard InChI is InChI=1S/C24H22N6O4S/c25-24(35(33,34)20-3-2-11-26-15-20,21-4-1-5-22(30-21)27-16-23(31)32)13-17-6-8-18(9-7-17)19-10-12-28-29-14-19/h1-12,14-15H,13,16,25H2,(H,27,30)(H,31,32). The number of aromatic nitrogens is 4. The molecule has 10 nitrogen and oxygen atoms in total. The molecule has 4 N–H and O–H groups in total. The summed E-state index contributed by atoms with van der Waals surface area (Å²) in [4.78, 5) is 17.2. The average Bonchev–Trinajstić information content (AvgIpc) is 2.89. The lowest BCUT2D eigenvalue weighted by atomic mass is 10.00. The molecule has 0 saturated carbocycles. The number of nitrogens with zero attached hydrogens (tertiary/aromatic N) is 4. The number of carboxylic acids is 1. The van der Waals surface area contributed by atoms with Crippen LogP contribution in [0.25, 0.3) is 11.1 Å². The van der Waals surface area contributed by atoms with Crippen molar-refractivity contribution in [3.8, 4) is 11.1 Å². The summed E-state index contributed by atoms with van der Waals surface area (Å²) in [5, 5.41) is 19.3. The van der Waals surface area contributed by atoms with Crippen molar-refractivity contribution >= 4 is 21.6 Å². The van der Waals surface area contributed by atoms with Crippen LogP contribution in [0, 0.1) is 0 Å². The van der Waals surface area contributed by atoms with E-state index in [9.17, 15) is 13.2 Å². The van der Waals surface area contributed by atoms with Crippen LogP contribution in [0.4, 0.5) is 5.82 Å². The lowest BCUT2D eigenvalue weighted by molar-refractivity contribution is -0.134. The summed E-state index contributed by atoms with van der Waals surface area (Å²) >= 11 is 0. The minimum atomic E-state index is -4.17. The topological polar surface area (TPSA) is 161 Å². The Balaban J connectivity index is 1.75. The lowest BCUT2D eigenvalue weighted by Crippen LogP contribution is -2.47. The molecule has 178 valence electrons. The molecule has 0 aliphatic carbocycles. The Morgan fingerprint density at radius 2 is 1.74 bits per heavy atom. The maximum atomic E-state index is 13.8. The number of anilines is 1. The number of nitrogens with two attached hydrogens (primary N) is 1. The second-order valence-electron chi connectivity index (χ2n) is 7.74. The minimum Gasteiger partial charge on any atom is -0.480 e.